The first-order chi connectivity index (χ1) is 28.3. The molecule has 1 aliphatic heterocycles. The minimum atomic E-state index is -2.95. The first kappa shape index (κ1) is 32.0. The van der Waals surface area contributed by atoms with Crippen LogP contribution in [0.1, 0.15) is 0 Å². The molecule has 3 aromatic heterocycles. The Hall–Kier alpha value is -7.34. The van der Waals surface area contributed by atoms with Crippen molar-refractivity contribution >= 4 is 72.6 Å². The molecule has 0 N–H and O–H groups in total. The number of aromatic nitrogens is 4. The molecule has 0 aliphatic carbocycles. The quantitative estimate of drug-likeness (QED) is 0.165. The van der Waals surface area contributed by atoms with Crippen LogP contribution in [-0.4, -0.2) is 27.2 Å². The minimum Gasteiger partial charge on any atom is -0.309 e. The van der Waals surface area contributed by atoms with E-state index in [1.54, 1.807) is 0 Å². The smallest absolute Gasteiger partial charge is 0.203 e. The molecule has 0 bridgehead atoms. The fourth-order valence-corrected chi connectivity index (χ4v) is 14.7. The van der Waals surface area contributed by atoms with E-state index in [2.05, 4.69) is 215 Å². The molecule has 4 heterocycles. The Morgan fingerprint density at radius 3 is 1.51 bits per heavy atom. The summed E-state index contributed by atoms with van der Waals surface area (Å²) in [5.74, 6) is 1.64. The van der Waals surface area contributed by atoms with E-state index in [-0.39, 0.29) is 0 Å². The van der Waals surface area contributed by atoms with Crippen molar-refractivity contribution in [2.75, 3.05) is 0 Å². The van der Waals surface area contributed by atoms with Crippen LogP contribution in [0.5, 0.6) is 0 Å². The SMILES string of the molecule is c1ccc(-c2nc(-n3c4ccccc4c4c5c6ccccc6n(-c6ccccc6)c5ccc43)c3c(n2)[Si](c2ccccc2)(c2ccccc2)c2ccccc2-3)cc1. The van der Waals surface area contributed by atoms with E-state index in [4.69, 9.17) is 9.97 Å². The molecule has 8 aromatic carbocycles. The summed E-state index contributed by atoms with van der Waals surface area (Å²) in [5, 5.41) is 9.98. The van der Waals surface area contributed by atoms with Crippen LogP contribution < -0.4 is 20.9 Å². The van der Waals surface area contributed by atoms with Gasteiger partial charge in [0.1, 0.15) is 5.82 Å². The molecule has 57 heavy (non-hydrogen) atoms. The molecule has 0 unspecified atom stereocenters. The second-order valence-corrected chi connectivity index (χ2v) is 18.5. The van der Waals surface area contributed by atoms with Gasteiger partial charge in [0.15, 0.2) is 5.82 Å². The molecule has 12 rings (SSSR count). The van der Waals surface area contributed by atoms with Crippen molar-refractivity contribution in [1.29, 1.82) is 0 Å². The van der Waals surface area contributed by atoms with E-state index >= 15 is 0 Å². The number of rotatable bonds is 5. The summed E-state index contributed by atoms with van der Waals surface area (Å²) in [6.07, 6.45) is 0. The highest BCUT2D eigenvalue weighted by Crippen LogP contribution is 2.44. The minimum absolute atomic E-state index is 0.730. The Morgan fingerprint density at radius 1 is 0.386 bits per heavy atom. The van der Waals surface area contributed by atoms with Gasteiger partial charge < -0.3 is 4.57 Å². The largest absolute Gasteiger partial charge is 0.309 e. The van der Waals surface area contributed by atoms with Crippen LogP contribution in [0.15, 0.2) is 206 Å². The van der Waals surface area contributed by atoms with Crippen LogP contribution >= 0.6 is 0 Å². The van der Waals surface area contributed by atoms with Crippen molar-refractivity contribution < 1.29 is 0 Å². The number of benzene rings is 8. The Bertz CT molecular complexity index is 3290. The van der Waals surface area contributed by atoms with Gasteiger partial charge in [0.25, 0.3) is 0 Å². The molecule has 0 fully saturated rings. The van der Waals surface area contributed by atoms with Gasteiger partial charge >= 0.3 is 0 Å². The Kier molecular flexibility index (Phi) is 6.91. The molecule has 4 nitrogen and oxygen atoms in total. The molecular weight excluding hydrogens is 709 g/mol. The number of hydrogen-bond donors (Lipinski definition) is 0. The van der Waals surface area contributed by atoms with Gasteiger partial charge in [-0.15, -0.1) is 0 Å². The van der Waals surface area contributed by atoms with E-state index < -0.39 is 8.07 Å². The second kappa shape index (κ2) is 12.3. The van der Waals surface area contributed by atoms with Crippen LogP contribution in [0.2, 0.25) is 0 Å². The fourth-order valence-electron chi connectivity index (χ4n) is 9.73. The third-order valence-electron chi connectivity index (χ3n) is 12.0. The van der Waals surface area contributed by atoms with Gasteiger partial charge in [0.2, 0.25) is 8.07 Å². The summed E-state index contributed by atoms with van der Waals surface area (Å²) in [7, 11) is -2.95. The standard InChI is InChI=1S/C52H34N4Si/c1-5-19-35(20-6-1)50-53-51(49-41-29-15-18-32-46(41)57(52(49)54-50,37-23-9-3-10-24-37)38-25-11-4-12-26-38)56-43-31-17-14-28-40(43)48-45(56)34-33-44-47(48)39-27-13-16-30-42(39)55(44)36-21-7-2-8-22-36/h1-34H. The average Bonchev–Trinajstić information content (AvgIpc) is 3.91. The van der Waals surface area contributed by atoms with Crippen molar-refractivity contribution in [3.8, 4) is 34.0 Å². The van der Waals surface area contributed by atoms with Gasteiger partial charge in [0.05, 0.1) is 27.4 Å². The highest BCUT2D eigenvalue weighted by Gasteiger charge is 2.52. The normalized spacial score (nSPS) is 13.1. The van der Waals surface area contributed by atoms with E-state index in [9.17, 15) is 0 Å². The molecule has 266 valence electrons. The molecule has 0 spiro atoms. The first-order valence-electron chi connectivity index (χ1n) is 19.5. The van der Waals surface area contributed by atoms with Gasteiger partial charge in [-0.1, -0.05) is 170 Å². The van der Waals surface area contributed by atoms with E-state index in [0.717, 1.165) is 44.8 Å². The highest BCUT2D eigenvalue weighted by atomic mass is 28.3. The molecule has 1 aliphatic rings. The lowest BCUT2D eigenvalue weighted by molar-refractivity contribution is 1.06. The summed E-state index contributed by atoms with van der Waals surface area (Å²) in [4.78, 5) is 11.4. The summed E-state index contributed by atoms with van der Waals surface area (Å²) in [5.41, 5.74) is 9.06. The molecule has 0 amide bonds. The molecule has 11 aromatic rings. The van der Waals surface area contributed by atoms with Crippen molar-refractivity contribution in [2.45, 2.75) is 0 Å². The maximum Gasteiger partial charge on any atom is 0.203 e. The summed E-state index contributed by atoms with van der Waals surface area (Å²) >= 11 is 0. The lowest BCUT2D eigenvalue weighted by Crippen LogP contribution is -2.73. The Labute approximate surface area is 330 Å². The van der Waals surface area contributed by atoms with Gasteiger partial charge in [-0.25, -0.2) is 9.97 Å². The Morgan fingerprint density at radius 2 is 0.877 bits per heavy atom. The summed E-state index contributed by atoms with van der Waals surface area (Å²) < 4.78 is 4.84. The first-order valence-corrected chi connectivity index (χ1v) is 21.5. The van der Waals surface area contributed by atoms with Crippen LogP contribution in [0.3, 0.4) is 0 Å². The van der Waals surface area contributed by atoms with Crippen LogP contribution in [0.25, 0.3) is 77.6 Å². The lowest BCUT2D eigenvalue weighted by atomic mass is 10.1. The maximum absolute atomic E-state index is 5.74. The molecule has 0 saturated heterocycles. The van der Waals surface area contributed by atoms with Crippen molar-refractivity contribution in [3.05, 3.63) is 206 Å². The number of para-hydroxylation sites is 3. The predicted octanol–water partition coefficient (Wildman–Crippen LogP) is 9.70. The summed E-state index contributed by atoms with van der Waals surface area (Å²) in [6, 6.07) is 74.7. The van der Waals surface area contributed by atoms with Gasteiger partial charge in [0, 0.05) is 38.4 Å². The van der Waals surface area contributed by atoms with Crippen molar-refractivity contribution in [1.82, 2.24) is 19.1 Å². The monoisotopic (exact) mass is 742 g/mol. The molecule has 5 heteroatoms. The molecule has 0 radical (unpaired) electrons. The third-order valence-corrected chi connectivity index (χ3v) is 16.7. The zero-order chi connectivity index (χ0) is 37.5. The van der Waals surface area contributed by atoms with E-state index in [1.165, 1.54) is 53.7 Å². The van der Waals surface area contributed by atoms with Crippen LogP contribution in [0.4, 0.5) is 0 Å². The number of fused-ring (bicyclic) bond motifs is 10. The summed E-state index contributed by atoms with van der Waals surface area (Å²) in [6.45, 7) is 0. The van der Waals surface area contributed by atoms with Gasteiger partial charge in [-0.3, -0.25) is 4.57 Å². The topological polar surface area (TPSA) is 35.6 Å². The highest BCUT2D eigenvalue weighted by molar-refractivity contribution is 7.21. The van der Waals surface area contributed by atoms with Gasteiger partial charge in [-0.2, -0.15) is 0 Å². The lowest BCUT2D eigenvalue weighted by Gasteiger charge is -2.30. The third kappa shape index (κ3) is 4.43. The van der Waals surface area contributed by atoms with E-state index in [0.29, 0.717) is 0 Å². The van der Waals surface area contributed by atoms with Crippen molar-refractivity contribution in [3.63, 3.8) is 0 Å². The maximum atomic E-state index is 5.74. The van der Waals surface area contributed by atoms with E-state index in [1.807, 2.05) is 0 Å². The number of hydrogen-bond acceptors (Lipinski definition) is 2. The average molecular weight is 743 g/mol. The van der Waals surface area contributed by atoms with Crippen LogP contribution in [0, 0.1) is 0 Å². The van der Waals surface area contributed by atoms with Crippen molar-refractivity contribution in [2.24, 2.45) is 0 Å². The van der Waals surface area contributed by atoms with Gasteiger partial charge in [-0.05, 0) is 57.5 Å². The molecule has 0 atom stereocenters. The zero-order valence-electron chi connectivity index (χ0n) is 30.9. The zero-order valence-corrected chi connectivity index (χ0v) is 31.9. The predicted molar refractivity (Wildman–Crippen MR) is 239 cm³/mol. The molecular formula is C52H34N4Si. The number of nitrogens with zero attached hydrogens (tertiary/aromatic N) is 4. The fraction of sp³-hybridized carbons (Fsp3) is 0. The second-order valence-electron chi connectivity index (χ2n) is 14.9. The molecule has 0 saturated carbocycles. The van der Waals surface area contributed by atoms with Crippen LogP contribution in [-0.2, 0) is 0 Å². The Balaban J connectivity index is 1.28.